The van der Waals surface area contributed by atoms with Crippen molar-refractivity contribution in [3.63, 3.8) is 0 Å². The number of carbonyl (C=O) groups excluding carboxylic acids is 2. The zero-order valence-corrected chi connectivity index (χ0v) is 52.5. The molecule has 77 heavy (non-hydrogen) atoms. The molecule has 0 saturated carbocycles. The van der Waals surface area contributed by atoms with Gasteiger partial charge in [0.1, 0.15) is 0 Å². The fourth-order valence-corrected chi connectivity index (χ4v) is 11.4. The Morgan fingerprint density at radius 1 is 0.351 bits per heavy atom. The van der Waals surface area contributed by atoms with Gasteiger partial charge in [0, 0.05) is 12.8 Å². The first-order valence-electron chi connectivity index (χ1n) is 35.4. The molecule has 1 amide bonds. The molecule has 0 aromatic rings. The van der Waals surface area contributed by atoms with E-state index in [1.54, 1.807) is 0 Å². The molecule has 2 unspecified atom stereocenters. The monoisotopic (exact) mass is 1090 g/mol. The van der Waals surface area contributed by atoms with Gasteiger partial charge >= 0.3 is 5.97 Å². The summed E-state index contributed by atoms with van der Waals surface area (Å²) in [6.45, 7) is 4.99. The van der Waals surface area contributed by atoms with Gasteiger partial charge < -0.3 is 20.3 Å². The largest absolute Gasteiger partial charge is 0.466 e. The summed E-state index contributed by atoms with van der Waals surface area (Å²) in [5.41, 5.74) is 0. The first kappa shape index (κ1) is 75.6. The van der Waals surface area contributed by atoms with Crippen LogP contribution < -0.4 is 5.32 Å². The Kier molecular flexibility index (Phi) is 65.9. The van der Waals surface area contributed by atoms with Crippen molar-refractivity contribution in [1.82, 2.24) is 5.32 Å². The van der Waals surface area contributed by atoms with E-state index in [4.69, 9.17) is 4.74 Å². The maximum absolute atomic E-state index is 12.5. The molecule has 2 atom stereocenters. The molecule has 0 spiro atoms. The standard InChI is InChI=1S/C71H139NO5/c1-3-5-7-9-11-13-15-17-18-33-37-41-45-49-53-57-61-65-71(76)77-66-62-58-54-50-46-42-38-35-32-30-28-26-24-22-20-19-21-23-25-27-29-31-34-36-40-44-48-52-56-60-64-70(75)72-68(67-73)69(74)63-59-55-51-47-43-39-16-14-12-10-8-6-4-2/h20,22,68-69,73-74H,3-19,21,23-67H2,1-2H3,(H,72,75)/b22-20-. The SMILES string of the molecule is CCCCCCCCCCCCCCCCCCCC(=O)OCCCCCCCCCCCCCC/C=C\CCCCCCCCCCCCCCCCC(=O)NC(CO)C(O)CCCCCCCCCCCCCCC. The van der Waals surface area contributed by atoms with E-state index in [-0.39, 0.29) is 18.5 Å². The molecule has 0 aliphatic carbocycles. The van der Waals surface area contributed by atoms with E-state index in [2.05, 4.69) is 31.3 Å². The fraction of sp³-hybridized carbons (Fsp3) is 0.944. The second-order valence-electron chi connectivity index (χ2n) is 24.6. The summed E-state index contributed by atoms with van der Waals surface area (Å²) in [4.78, 5) is 24.6. The van der Waals surface area contributed by atoms with E-state index in [0.717, 1.165) is 38.5 Å². The maximum Gasteiger partial charge on any atom is 0.305 e. The van der Waals surface area contributed by atoms with Crippen molar-refractivity contribution in [1.29, 1.82) is 0 Å². The predicted octanol–water partition coefficient (Wildman–Crippen LogP) is 22.8. The van der Waals surface area contributed by atoms with Gasteiger partial charge in [-0.05, 0) is 51.4 Å². The van der Waals surface area contributed by atoms with Crippen molar-refractivity contribution in [3.05, 3.63) is 12.2 Å². The van der Waals surface area contributed by atoms with E-state index in [0.29, 0.717) is 25.9 Å². The van der Waals surface area contributed by atoms with Crippen molar-refractivity contribution in [2.75, 3.05) is 13.2 Å². The predicted molar refractivity (Wildman–Crippen MR) is 338 cm³/mol. The summed E-state index contributed by atoms with van der Waals surface area (Å²) in [5, 5.41) is 23.3. The van der Waals surface area contributed by atoms with Crippen LogP contribution >= 0.6 is 0 Å². The number of hydrogen-bond donors (Lipinski definition) is 3. The van der Waals surface area contributed by atoms with E-state index < -0.39 is 12.1 Å². The lowest BCUT2D eigenvalue weighted by molar-refractivity contribution is -0.143. The molecule has 458 valence electrons. The Morgan fingerprint density at radius 2 is 0.610 bits per heavy atom. The lowest BCUT2D eigenvalue weighted by Gasteiger charge is -2.22. The molecular weight excluding hydrogens is 947 g/mol. The molecule has 6 nitrogen and oxygen atoms in total. The smallest absolute Gasteiger partial charge is 0.305 e. The van der Waals surface area contributed by atoms with Crippen LogP contribution in [0.4, 0.5) is 0 Å². The molecule has 0 rings (SSSR count). The van der Waals surface area contributed by atoms with Crippen LogP contribution in [0.25, 0.3) is 0 Å². The number of rotatable bonds is 67. The van der Waals surface area contributed by atoms with Crippen LogP contribution in [0.1, 0.15) is 406 Å². The summed E-state index contributed by atoms with van der Waals surface area (Å²) in [5.74, 6) is -0.00907. The van der Waals surface area contributed by atoms with E-state index >= 15 is 0 Å². The minimum atomic E-state index is -0.662. The van der Waals surface area contributed by atoms with Gasteiger partial charge in [0.25, 0.3) is 0 Å². The third kappa shape index (κ3) is 63.6. The molecular formula is C71H139NO5. The van der Waals surface area contributed by atoms with Gasteiger partial charge in [0.15, 0.2) is 0 Å². The summed E-state index contributed by atoms with van der Waals surface area (Å²) < 4.78 is 5.51. The summed E-state index contributed by atoms with van der Waals surface area (Å²) >= 11 is 0. The summed E-state index contributed by atoms with van der Waals surface area (Å²) in [7, 11) is 0. The third-order valence-corrected chi connectivity index (χ3v) is 16.8. The molecule has 0 aliphatic rings. The first-order chi connectivity index (χ1) is 38.0. The lowest BCUT2D eigenvalue weighted by Crippen LogP contribution is -2.45. The summed E-state index contributed by atoms with van der Waals surface area (Å²) in [6, 6.07) is -0.539. The molecule has 0 heterocycles. The van der Waals surface area contributed by atoms with Crippen LogP contribution in [0.15, 0.2) is 12.2 Å². The quantitative estimate of drug-likeness (QED) is 0.0320. The number of nitrogens with one attached hydrogen (secondary N) is 1. The average molecular weight is 1090 g/mol. The van der Waals surface area contributed by atoms with Crippen molar-refractivity contribution >= 4 is 11.9 Å². The third-order valence-electron chi connectivity index (χ3n) is 16.8. The number of aliphatic hydroxyl groups is 2. The van der Waals surface area contributed by atoms with Crippen LogP contribution in [0.3, 0.4) is 0 Å². The highest BCUT2D eigenvalue weighted by molar-refractivity contribution is 5.76. The van der Waals surface area contributed by atoms with Crippen LogP contribution in [-0.2, 0) is 14.3 Å². The Morgan fingerprint density at radius 3 is 0.922 bits per heavy atom. The first-order valence-corrected chi connectivity index (χ1v) is 35.4. The topological polar surface area (TPSA) is 95.9 Å². The molecule has 3 N–H and O–H groups in total. The molecule has 0 bridgehead atoms. The van der Waals surface area contributed by atoms with Gasteiger partial charge in [-0.3, -0.25) is 9.59 Å². The number of ether oxygens (including phenoxy) is 1. The van der Waals surface area contributed by atoms with Gasteiger partial charge in [0.05, 0.1) is 25.4 Å². The van der Waals surface area contributed by atoms with Gasteiger partial charge in [-0.2, -0.15) is 0 Å². The molecule has 0 aromatic heterocycles. The molecule has 0 fully saturated rings. The van der Waals surface area contributed by atoms with Crippen LogP contribution in [-0.4, -0.2) is 47.4 Å². The highest BCUT2D eigenvalue weighted by Crippen LogP contribution is 2.19. The van der Waals surface area contributed by atoms with Gasteiger partial charge in [-0.15, -0.1) is 0 Å². The van der Waals surface area contributed by atoms with Crippen molar-refractivity contribution in [3.8, 4) is 0 Å². The second kappa shape index (κ2) is 67.1. The Hall–Kier alpha value is -1.40. The van der Waals surface area contributed by atoms with Crippen LogP contribution in [0, 0.1) is 0 Å². The number of carbonyl (C=O) groups is 2. The highest BCUT2D eigenvalue weighted by atomic mass is 16.5. The Labute approximate surface area is 482 Å². The number of hydrogen-bond acceptors (Lipinski definition) is 5. The molecule has 0 aromatic carbocycles. The lowest BCUT2D eigenvalue weighted by atomic mass is 10.0. The maximum atomic E-state index is 12.5. The summed E-state index contributed by atoms with van der Waals surface area (Å²) in [6.07, 6.45) is 82.7. The van der Waals surface area contributed by atoms with Crippen molar-refractivity contribution in [2.24, 2.45) is 0 Å². The molecule has 6 heteroatoms. The number of amides is 1. The van der Waals surface area contributed by atoms with Crippen LogP contribution in [0.5, 0.6) is 0 Å². The van der Waals surface area contributed by atoms with E-state index in [9.17, 15) is 19.8 Å². The molecule has 0 saturated heterocycles. The number of esters is 1. The zero-order valence-electron chi connectivity index (χ0n) is 52.5. The fourth-order valence-electron chi connectivity index (χ4n) is 11.4. The van der Waals surface area contributed by atoms with Gasteiger partial charge in [-0.1, -0.05) is 353 Å². The molecule has 0 aliphatic heterocycles. The Bertz CT molecular complexity index is 1160. The minimum absolute atomic E-state index is 0.0220. The normalized spacial score (nSPS) is 12.5. The number of unbranched alkanes of at least 4 members (excludes halogenated alkanes) is 54. The van der Waals surface area contributed by atoms with Crippen molar-refractivity contribution < 1.29 is 24.5 Å². The number of allylic oxidation sites excluding steroid dienone is 2. The zero-order chi connectivity index (χ0) is 55.7. The molecule has 0 radical (unpaired) electrons. The highest BCUT2D eigenvalue weighted by Gasteiger charge is 2.20. The van der Waals surface area contributed by atoms with Gasteiger partial charge in [-0.25, -0.2) is 0 Å². The van der Waals surface area contributed by atoms with E-state index in [1.165, 1.54) is 334 Å². The minimum Gasteiger partial charge on any atom is -0.466 e. The number of aliphatic hydroxyl groups excluding tert-OH is 2. The van der Waals surface area contributed by atoms with Crippen molar-refractivity contribution in [2.45, 2.75) is 418 Å². The average Bonchev–Trinajstić information content (AvgIpc) is 3.43. The Balaban J connectivity index is 3.33. The van der Waals surface area contributed by atoms with Gasteiger partial charge in [0.2, 0.25) is 5.91 Å². The van der Waals surface area contributed by atoms with E-state index in [1.807, 2.05) is 0 Å². The van der Waals surface area contributed by atoms with Crippen LogP contribution in [0.2, 0.25) is 0 Å². The second-order valence-corrected chi connectivity index (χ2v) is 24.6.